The van der Waals surface area contributed by atoms with Gasteiger partial charge in [-0.1, -0.05) is 29.8 Å². The summed E-state index contributed by atoms with van der Waals surface area (Å²) in [6.07, 6.45) is -1.08. The zero-order valence-corrected chi connectivity index (χ0v) is 20.2. The van der Waals surface area contributed by atoms with Crippen molar-refractivity contribution in [2.24, 2.45) is 11.8 Å². The van der Waals surface area contributed by atoms with Crippen LogP contribution in [-0.4, -0.2) is 39.7 Å². The fourth-order valence-electron chi connectivity index (χ4n) is 5.16. The number of esters is 1. The van der Waals surface area contributed by atoms with Crippen molar-refractivity contribution in [1.82, 2.24) is 14.7 Å². The smallest absolute Gasteiger partial charge is 0.435 e. The third kappa shape index (κ3) is 5.87. The van der Waals surface area contributed by atoms with Crippen LogP contribution >= 0.6 is 0 Å². The fraction of sp³-hybridized carbons (Fsp3) is 0.577. The molecule has 190 valence electrons. The Morgan fingerprint density at radius 1 is 1.11 bits per heavy atom. The Labute approximate surface area is 203 Å². The Morgan fingerprint density at radius 3 is 2.43 bits per heavy atom. The molecule has 1 aliphatic carbocycles. The van der Waals surface area contributed by atoms with Gasteiger partial charge in [0, 0.05) is 18.5 Å². The first-order chi connectivity index (χ1) is 16.7. The molecule has 0 bridgehead atoms. The molecular formula is C26H32F3N3O3. The van der Waals surface area contributed by atoms with Crippen molar-refractivity contribution in [2.75, 3.05) is 13.2 Å². The highest BCUT2D eigenvalue weighted by atomic mass is 19.4. The Kier molecular flexibility index (Phi) is 7.52. The molecule has 0 spiro atoms. The molecule has 0 radical (unpaired) electrons. The number of carbonyl (C=O) groups is 2. The molecular weight excluding hydrogens is 459 g/mol. The number of carbonyl (C=O) groups excluding carboxylic acids is 2. The minimum absolute atomic E-state index is 0.0492. The van der Waals surface area contributed by atoms with Crippen LogP contribution in [0.15, 0.2) is 24.3 Å². The van der Waals surface area contributed by atoms with E-state index in [1.165, 1.54) is 4.68 Å². The Balaban J connectivity index is 1.44. The number of hydrogen-bond acceptors (Lipinski definition) is 4. The first-order valence-electron chi connectivity index (χ1n) is 12.3. The van der Waals surface area contributed by atoms with Gasteiger partial charge in [-0.25, -0.2) is 0 Å². The molecule has 1 aliphatic heterocycles. The van der Waals surface area contributed by atoms with Gasteiger partial charge in [0.2, 0.25) is 5.91 Å². The molecule has 0 saturated heterocycles. The van der Waals surface area contributed by atoms with Crippen LogP contribution in [-0.2, 0) is 40.0 Å². The number of alkyl halides is 3. The largest absolute Gasteiger partial charge is 0.466 e. The predicted molar refractivity (Wildman–Crippen MR) is 123 cm³/mol. The summed E-state index contributed by atoms with van der Waals surface area (Å²) in [5.74, 6) is -0.136. The van der Waals surface area contributed by atoms with E-state index in [1.54, 1.807) is 11.8 Å². The first kappa shape index (κ1) is 25.3. The number of hydrogen-bond donors (Lipinski definition) is 0. The molecule has 0 N–H and O–H groups in total. The molecule has 1 fully saturated rings. The molecule has 0 atom stereocenters. The molecule has 2 aliphatic rings. The number of fused-ring (bicyclic) bond motifs is 1. The van der Waals surface area contributed by atoms with Crippen molar-refractivity contribution >= 4 is 11.9 Å². The van der Waals surface area contributed by atoms with Crippen LogP contribution in [0.25, 0.3) is 0 Å². The van der Waals surface area contributed by atoms with Crippen LogP contribution in [0, 0.1) is 18.8 Å². The van der Waals surface area contributed by atoms with E-state index in [0.29, 0.717) is 31.6 Å². The highest BCUT2D eigenvalue weighted by Crippen LogP contribution is 2.36. The van der Waals surface area contributed by atoms with Gasteiger partial charge >= 0.3 is 12.1 Å². The van der Waals surface area contributed by atoms with Gasteiger partial charge in [0.25, 0.3) is 0 Å². The van der Waals surface area contributed by atoms with Crippen LogP contribution in [0.4, 0.5) is 13.2 Å². The minimum atomic E-state index is -4.54. The summed E-state index contributed by atoms with van der Waals surface area (Å²) in [5, 5.41) is 3.94. The van der Waals surface area contributed by atoms with Gasteiger partial charge in [-0.3, -0.25) is 14.3 Å². The maximum absolute atomic E-state index is 13.7. The summed E-state index contributed by atoms with van der Waals surface area (Å²) in [6.45, 7) is 4.71. The Morgan fingerprint density at radius 2 is 1.80 bits per heavy atom. The van der Waals surface area contributed by atoms with Crippen molar-refractivity contribution in [3.8, 4) is 0 Å². The van der Waals surface area contributed by atoms with Gasteiger partial charge in [0.05, 0.1) is 31.3 Å². The summed E-state index contributed by atoms with van der Waals surface area (Å²) in [6, 6.07) is 7.61. The lowest BCUT2D eigenvalue weighted by Gasteiger charge is -2.31. The zero-order chi connectivity index (χ0) is 25.2. The third-order valence-corrected chi connectivity index (χ3v) is 7.14. The van der Waals surface area contributed by atoms with Gasteiger partial charge in [0.1, 0.15) is 0 Å². The van der Waals surface area contributed by atoms with Crippen LogP contribution < -0.4 is 0 Å². The van der Waals surface area contributed by atoms with Crippen molar-refractivity contribution in [1.29, 1.82) is 0 Å². The molecule has 0 unspecified atom stereocenters. The van der Waals surface area contributed by atoms with Gasteiger partial charge in [-0.15, -0.1) is 0 Å². The summed E-state index contributed by atoms with van der Waals surface area (Å²) < 4.78 is 47.6. The number of halogens is 3. The van der Waals surface area contributed by atoms with Gasteiger partial charge < -0.3 is 9.64 Å². The van der Waals surface area contributed by atoms with Gasteiger partial charge in [-0.2, -0.15) is 18.3 Å². The molecule has 1 aromatic carbocycles. The average molecular weight is 492 g/mol. The number of benzene rings is 1. The van der Waals surface area contributed by atoms with E-state index in [0.717, 1.165) is 24.0 Å². The summed E-state index contributed by atoms with van der Waals surface area (Å²) in [7, 11) is 0. The highest BCUT2D eigenvalue weighted by Gasteiger charge is 2.41. The van der Waals surface area contributed by atoms with Crippen LogP contribution in [0.1, 0.15) is 67.1 Å². The molecule has 6 nitrogen and oxygen atoms in total. The van der Waals surface area contributed by atoms with E-state index >= 15 is 0 Å². The number of ether oxygens (including phenoxy) is 1. The van der Waals surface area contributed by atoms with E-state index in [1.807, 2.05) is 31.2 Å². The second-order valence-corrected chi connectivity index (χ2v) is 9.65. The number of amides is 1. The lowest BCUT2D eigenvalue weighted by atomic mass is 9.80. The summed E-state index contributed by atoms with van der Waals surface area (Å²) in [5.41, 5.74) is 1.74. The van der Waals surface area contributed by atoms with Crippen LogP contribution in [0.3, 0.4) is 0 Å². The maximum Gasteiger partial charge on any atom is 0.435 e. The second kappa shape index (κ2) is 10.4. The van der Waals surface area contributed by atoms with E-state index < -0.39 is 11.9 Å². The topological polar surface area (TPSA) is 64.4 Å². The number of nitrogens with zero attached hydrogens (tertiary/aromatic N) is 3. The van der Waals surface area contributed by atoms with Crippen molar-refractivity contribution in [3.05, 3.63) is 52.3 Å². The monoisotopic (exact) mass is 491 g/mol. The highest BCUT2D eigenvalue weighted by molar-refractivity contribution is 5.77. The standard InChI is InChI=1S/C26H32F3N3O3/c1-3-35-25(34)20-10-8-18(9-11-20)14-23(33)31-13-12-21-22(16-31)32(30-24(21)26(27,28)29)15-19-6-4-17(2)5-7-19/h4-7,18,20H,3,8-16H2,1-2H3. The van der Waals surface area contributed by atoms with E-state index in [-0.39, 0.29) is 55.3 Å². The summed E-state index contributed by atoms with van der Waals surface area (Å²) in [4.78, 5) is 26.7. The van der Waals surface area contributed by atoms with E-state index in [2.05, 4.69) is 5.10 Å². The molecule has 1 amide bonds. The van der Waals surface area contributed by atoms with E-state index in [4.69, 9.17) is 4.74 Å². The number of aryl methyl sites for hydroxylation is 1. The Hall–Kier alpha value is -2.84. The minimum Gasteiger partial charge on any atom is -0.466 e. The van der Waals surface area contributed by atoms with Crippen molar-refractivity contribution < 1.29 is 27.5 Å². The van der Waals surface area contributed by atoms with Crippen molar-refractivity contribution in [2.45, 2.75) is 71.6 Å². The molecule has 4 rings (SSSR count). The molecule has 35 heavy (non-hydrogen) atoms. The lowest BCUT2D eigenvalue weighted by molar-refractivity contribution is -0.149. The van der Waals surface area contributed by atoms with Crippen molar-refractivity contribution in [3.63, 3.8) is 0 Å². The summed E-state index contributed by atoms with van der Waals surface area (Å²) >= 11 is 0. The molecule has 1 saturated carbocycles. The van der Waals surface area contributed by atoms with Gasteiger partial charge in [-0.05, 0) is 57.4 Å². The molecule has 9 heteroatoms. The Bertz CT molecular complexity index is 1050. The number of rotatable bonds is 6. The lowest BCUT2D eigenvalue weighted by Crippen LogP contribution is -2.38. The molecule has 2 aromatic rings. The fourth-order valence-corrected chi connectivity index (χ4v) is 5.16. The zero-order valence-electron chi connectivity index (χ0n) is 20.2. The SMILES string of the molecule is CCOC(=O)C1CCC(CC(=O)N2CCc3c(C(F)(F)F)nn(Cc4ccc(C)cc4)c3C2)CC1. The number of aromatic nitrogens is 2. The van der Waals surface area contributed by atoms with Gasteiger partial charge in [0.15, 0.2) is 5.69 Å². The van der Waals surface area contributed by atoms with Crippen LogP contribution in [0.5, 0.6) is 0 Å². The molecule has 1 aromatic heterocycles. The first-order valence-corrected chi connectivity index (χ1v) is 12.3. The van der Waals surface area contributed by atoms with Crippen LogP contribution in [0.2, 0.25) is 0 Å². The predicted octanol–water partition coefficient (Wildman–Crippen LogP) is 4.90. The maximum atomic E-state index is 13.7. The third-order valence-electron chi connectivity index (χ3n) is 7.14. The average Bonchev–Trinajstić information content (AvgIpc) is 3.19. The van der Waals surface area contributed by atoms with E-state index in [9.17, 15) is 22.8 Å². The normalized spacial score (nSPS) is 20.4. The second-order valence-electron chi connectivity index (χ2n) is 9.65. The quantitative estimate of drug-likeness (QED) is 0.539. The molecule has 2 heterocycles.